The quantitative estimate of drug-likeness (QED) is 0.835. The molecule has 3 aliphatic rings. The van der Waals surface area contributed by atoms with Crippen LogP contribution >= 0.6 is 0 Å². The van der Waals surface area contributed by atoms with E-state index < -0.39 is 5.60 Å². The van der Waals surface area contributed by atoms with Crippen LogP contribution in [-0.2, 0) is 11.8 Å². The maximum Gasteiger partial charge on any atom is 0.164 e. The fourth-order valence-electron chi connectivity index (χ4n) is 5.50. The third-order valence-electron chi connectivity index (χ3n) is 6.53. The Bertz CT molecular complexity index is 617. The van der Waals surface area contributed by atoms with Gasteiger partial charge in [-0.1, -0.05) is 18.9 Å². The summed E-state index contributed by atoms with van der Waals surface area (Å²) in [6.07, 6.45) is 5.82. The average molecular weight is 303 g/mol. The van der Waals surface area contributed by atoms with Crippen molar-refractivity contribution in [2.45, 2.75) is 55.6 Å². The number of likely N-dealkylation sites (tertiary alicyclic amines) is 1. The van der Waals surface area contributed by atoms with Crippen LogP contribution in [0.3, 0.4) is 0 Å². The van der Waals surface area contributed by atoms with Crippen LogP contribution in [0.5, 0.6) is 11.5 Å². The molecule has 120 valence electrons. The van der Waals surface area contributed by atoms with Gasteiger partial charge in [0.05, 0.1) is 12.7 Å². The fourth-order valence-corrected chi connectivity index (χ4v) is 5.50. The van der Waals surface area contributed by atoms with Crippen molar-refractivity contribution in [3.05, 3.63) is 23.3 Å². The minimum atomic E-state index is -0.702. The van der Waals surface area contributed by atoms with E-state index >= 15 is 0 Å². The standard InChI is InChI=1S/C18H25NO3/c1-19-10-9-17-7-3-4-8-18(17,21)14(19)11-12-5-6-13(20)16(22-2)15(12)17/h5-6,14,20-21H,3-4,7-11H2,1-2H3/t14-,17+,18+/m0/s1. The molecule has 1 aromatic carbocycles. The molecular weight excluding hydrogens is 278 g/mol. The Labute approximate surface area is 131 Å². The summed E-state index contributed by atoms with van der Waals surface area (Å²) in [5.74, 6) is 0.779. The fraction of sp³-hybridized carbons (Fsp3) is 0.667. The maximum absolute atomic E-state index is 11.7. The molecule has 1 saturated carbocycles. The Hall–Kier alpha value is -1.26. The number of ether oxygens (including phenoxy) is 1. The number of benzene rings is 1. The van der Waals surface area contributed by atoms with Gasteiger partial charge in [-0.15, -0.1) is 0 Å². The molecule has 2 aliphatic carbocycles. The van der Waals surface area contributed by atoms with E-state index in [4.69, 9.17) is 4.74 Å². The first-order valence-corrected chi connectivity index (χ1v) is 8.35. The summed E-state index contributed by atoms with van der Waals surface area (Å²) >= 11 is 0. The van der Waals surface area contributed by atoms with E-state index in [1.54, 1.807) is 13.2 Å². The zero-order valence-corrected chi connectivity index (χ0v) is 13.4. The summed E-state index contributed by atoms with van der Waals surface area (Å²) < 4.78 is 5.58. The SMILES string of the molecule is COc1c(O)ccc2c1[C@]13CCCC[C@@]1(O)[C@H](C2)N(C)CC3. The number of piperidine rings is 1. The predicted octanol–water partition coefficient (Wildman–Crippen LogP) is 2.20. The first-order valence-electron chi connectivity index (χ1n) is 8.35. The predicted molar refractivity (Wildman–Crippen MR) is 84.5 cm³/mol. The number of likely N-dealkylation sites (N-methyl/N-ethyl adjacent to an activating group) is 1. The lowest BCUT2D eigenvalue weighted by molar-refractivity contribution is -0.161. The van der Waals surface area contributed by atoms with E-state index in [0.717, 1.165) is 50.6 Å². The van der Waals surface area contributed by atoms with Gasteiger partial charge in [-0.05, 0) is 50.9 Å². The average Bonchev–Trinajstić information content (AvgIpc) is 2.51. The molecule has 0 spiro atoms. The van der Waals surface area contributed by atoms with Crippen molar-refractivity contribution in [3.63, 3.8) is 0 Å². The summed E-state index contributed by atoms with van der Waals surface area (Å²) in [5, 5.41) is 22.0. The molecule has 2 fully saturated rings. The third kappa shape index (κ3) is 1.55. The lowest BCUT2D eigenvalue weighted by atomic mass is 9.49. The molecule has 22 heavy (non-hydrogen) atoms. The van der Waals surface area contributed by atoms with Crippen LogP contribution in [-0.4, -0.2) is 47.5 Å². The summed E-state index contributed by atoms with van der Waals surface area (Å²) in [6, 6.07) is 3.93. The molecule has 4 nitrogen and oxygen atoms in total. The van der Waals surface area contributed by atoms with Gasteiger partial charge >= 0.3 is 0 Å². The van der Waals surface area contributed by atoms with Crippen molar-refractivity contribution in [2.24, 2.45) is 0 Å². The van der Waals surface area contributed by atoms with Crippen molar-refractivity contribution < 1.29 is 14.9 Å². The Morgan fingerprint density at radius 1 is 1.23 bits per heavy atom. The van der Waals surface area contributed by atoms with Crippen molar-refractivity contribution >= 4 is 0 Å². The lowest BCUT2D eigenvalue weighted by Gasteiger charge is -2.63. The molecule has 1 heterocycles. The van der Waals surface area contributed by atoms with Gasteiger partial charge in [0.15, 0.2) is 11.5 Å². The summed E-state index contributed by atoms with van der Waals surface area (Å²) in [5.41, 5.74) is 1.35. The molecule has 0 aromatic heterocycles. The summed E-state index contributed by atoms with van der Waals surface area (Å²) in [4.78, 5) is 2.33. The van der Waals surface area contributed by atoms with E-state index in [9.17, 15) is 10.2 Å². The Morgan fingerprint density at radius 2 is 2.00 bits per heavy atom. The molecule has 0 unspecified atom stereocenters. The van der Waals surface area contributed by atoms with E-state index in [-0.39, 0.29) is 17.2 Å². The second kappa shape index (κ2) is 4.62. The zero-order chi connectivity index (χ0) is 15.5. The van der Waals surface area contributed by atoms with Gasteiger partial charge in [0.2, 0.25) is 0 Å². The van der Waals surface area contributed by atoms with Gasteiger partial charge in [0.25, 0.3) is 0 Å². The van der Waals surface area contributed by atoms with E-state index in [0.29, 0.717) is 5.75 Å². The van der Waals surface area contributed by atoms with E-state index in [2.05, 4.69) is 11.9 Å². The second-order valence-corrected chi connectivity index (χ2v) is 7.32. The van der Waals surface area contributed by atoms with Crippen LogP contribution in [0.1, 0.15) is 43.2 Å². The number of hydrogen-bond acceptors (Lipinski definition) is 4. The number of fused-ring (bicyclic) bond motifs is 1. The Kier molecular flexibility index (Phi) is 3.01. The van der Waals surface area contributed by atoms with Crippen LogP contribution in [0, 0.1) is 0 Å². The first-order chi connectivity index (χ1) is 10.5. The molecule has 1 saturated heterocycles. The molecule has 4 heteroatoms. The summed E-state index contributed by atoms with van der Waals surface area (Å²) in [6.45, 7) is 0.991. The maximum atomic E-state index is 11.7. The lowest BCUT2D eigenvalue weighted by Crippen LogP contribution is -2.71. The highest BCUT2D eigenvalue weighted by Crippen LogP contribution is 2.60. The Balaban J connectivity index is 2.01. The van der Waals surface area contributed by atoms with Crippen LogP contribution in [0.15, 0.2) is 12.1 Å². The van der Waals surface area contributed by atoms with Crippen molar-refractivity contribution in [3.8, 4) is 11.5 Å². The molecule has 4 rings (SSSR count). The molecule has 2 N–H and O–H groups in total. The minimum Gasteiger partial charge on any atom is -0.504 e. The van der Waals surface area contributed by atoms with E-state index in [1.807, 2.05) is 6.07 Å². The highest BCUT2D eigenvalue weighted by Gasteiger charge is 2.63. The summed E-state index contributed by atoms with van der Waals surface area (Å²) in [7, 11) is 3.75. The number of rotatable bonds is 1. The molecular formula is C18H25NO3. The van der Waals surface area contributed by atoms with Gasteiger partial charge in [0, 0.05) is 17.0 Å². The minimum absolute atomic E-state index is 0.170. The smallest absolute Gasteiger partial charge is 0.164 e. The monoisotopic (exact) mass is 303 g/mol. The first kappa shape index (κ1) is 14.3. The highest BCUT2D eigenvalue weighted by molar-refractivity contribution is 5.58. The molecule has 2 bridgehead atoms. The number of methoxy groups -OCH3 is 1. The molecule has 0 amide bonds. The number of nitrogens with zero attached hydrogens (tertiary/aromatic N) is 1. The van der Waals surface area contributed by atoms with Crippen LogP contribution < -0.4 is 4.74 Å². The van der Waals surface area contributed by atoms with E-state index in [1.165, 1.54) is 5.56 Å². The Morgan fingerprint density at radius 3 is 2.77 bits per heavy atom. The van der Waals surface area contributed by atoms with Crippen molar-refractivity contribution in [1.29, 1.82) is 0 Å². The number of hydrogen-bond donors (Lipinski definition) is 2. The number of aromatic hydroxyl groups is 1. The number of aliphatic hydroxyl groups is 1. The second-order valence-electron chi connectivity index (χ2n) is 7.32. The van der Waals surface area contributed by atoms with Crippen molar-refractivity contribution in [1.82, 2.24) is 4.90 Å². The largest absolute Gasteiger partial charge is 0.504 e. The third-order valence-corrected chi connectivity index (χ3v) is 6.53. The van der Waals surface area contributed by atoms with Gasteiger partial charge in [-0.2, -0.15) is 0 Å². The molecule has 1 aromatic rings. The molecule has 1 aliphatic heterocycles. The topological polar surface area (TPSA) is 52.9 Å². The number of phenols is 1. The van der Waals surface area contributed by atoms with Crippen molar-refractivity contribution in [2.75, 3.05) is 20.7 Å². The van der Waals surface area contributed by atoms with Crippen LogP contribution in [0.4, 0.5) is 0 Å². The highest BCUT2D eigenvalue weighted by atomic mass is 16.5. The number of phenolic OH excluding ortho intramolecular Hbond substituents is 1. The van der Waals surface area contributed by atoms with Crippen LogP contribution in [0.2, 0.25) is 0 Å². The van der Waals surface area contributed by atoms with Gasteiger partial charge in [-0.25, -0.2) is 0 Å². The van der Waals surface area contributed by atoms with Gasteiger partial charge < -0.3 is 19.8 Å². The zero-order valence-electron chi connectivity index (χ0n) is 13.4. The van der Waals surface area contributed by atoms with Crippen LogP contribution in [0.25, 0.3) is 0 Å². The van der Waals surface area contributed by atoms with Gasteiger partial charge in [-0.3, -0.25) is 0 Å². The molecule has 0 radical (unpaired) electrons. The molecule has 3 atom stereocenters. The normalized spacial score (nSPS) is 37.3. The van der Waals surface area contributed by atoms with Gasteiger partial charge in [0.1, 0.15) is 0 Å².